The van der Waals surface area contributed by atoms with E-state index in [0.29, 0.717) is 5.92 Å². The number of hydrogen-bond acceptors (Lipinski definition) is 1. The molecule has 0 bridgehead atoms. The summed E-state index contributed by atoms with van der Waals surface area (Å²) in [4.78, 5) is 4.29. The van der Waals surface area contributed by atoms with Gasteiger partial charge in [0.1, 0.15) is 0 Å². The van der Waals surface area contributed by atoms with Gasteiger partial charge in [-0.25, -0.2) is 0 Å². The molecule has 0 atom stereocenters. The molecule has 2 nitrogen and oxygen atoms in total. The smallest absolute Gasteiger partial charge is 0.0932 e. The fourth-order valence-corrected chi connectivity index (χ4v) is 0.641. The topological polar surface area (TPSA) is 24.4 Å². The zero-order valence-corrected chi connectivity index (χ0v) is 8.81. The van der Waals surface area contributed by atoms with E-state index in [0.717, 1.165) is 12.4 Å². The fraction of sp³-hybridized carbons (Fsp3) is 0.700. The zero-order chi connectivity index (χ0) is 9.56. The van der Waals surface area contributed by atoms with Gasteiger partial charge in [0.25, 0.3) is 0 Å². The van der Waals surface area contributed by atoms with E-state index in [1.807, 2.05) is 14.0 Å². The van der Waals surface area contributed by atoms with Gasteiger partial charge >= 0.3 is 0 Å². The lowest BCUT2D eigenvalue weighted by Crippen LogP contribution is -2.13. The summed E-state index contributed by atoms with van der Waals surface area (Å²) < 4.78 is 0. The van der Waals surface area contributed by atoms with E-state index in [9.17, 15) is 0 Å². The summed E-state index contributed by atoms with van der Waals surface area (Å²) >= 11 is 0. The Hall–Kier alpha value is -0.790. The fourth-order valence-electron chi connectivity index (χ4n) is 0.641. The molecule has 0 aliphatic rings. The largest absolute Gasteiger partial charge is 0.377 e. The van der Waals surface area contributed by atoms with Crippen LogP contribution in [0.25, 0.3) is 0 Å². The average Bonchev–Trinajstić information content (AvgIpc) is 2.03. The molecule has 0 heterocycles. The van der Waals surface area contributed by atoms with Gasteiger partial charge in [0.05, 0.1) is 12.4 Å². The normalized spacial score (nSPS) is 13.8. The van der Waals surface area contributed by atoms with Crippen LogP contribution < -0.4 is 5.32 Å². The van der Waals surface area contributed by atoms with Crippen molar-refractivity contribution in [3.8, 4) is 0 Å². The maximum atomic E-state index is 4.29. The van der Waals surface area contributed by atoms with Crippen molar-refractivity contribution >= 4 is 5.84 Å². The second-order valence-electron chi connectivity index (χ2n) is 3.28. The van der Waals surface area contributed by atoms with E-state index in [1.54, 1.807) is 0 Å². The second-order valence-corrected chi connectivity index (χ2v) is 3.28. The van der Waals surface area contributed by atoms with Crippen LogP contribution in [0.4, 0.5) is 0 Å². The lowest BCUT2D eigenvalue weighted by Gasteiger charge is -2.03. The Labute approximate surface area is 75.8 Å². The quantitative estimate of drug-likeness (QED) is 0.390. The number of nitrogens with zero attached hydrogens (tertiary/aromatic N) is 1. The van der Waals surface area contributed by atoms with Gasteiger partial charge in [-0.05, 0) is 19.8 Å². The Kier molecular flexibility index (Phi) is 5.43. The molecule has 0 radical (unpaired) electrons. The van der Waals surface area contributed by atoms with Gasteiger partial charge in [0.2, 0.25) is 0 Å². The van der Waals surface area contributed by atoms with E-state index in [4.69, 9.17) is 0 Å². The second kappa shape index (κ2) is 5.81. The lowest BCUT2D eigenvalue weighted by molar-refractivity contribution is 0.764. The highest BCUT2D eigenvalue weighted by molar-refractivity contribution is 5.79. The molecule has 0 fully saturated rings. The average molecular weight is 168 g/mol. The first-order chi connectivity index (χ1) is 5.57. The maximum absolute atomic E-state index is 4.29. The zero-order valence-electron chi connectivity index (χ0n) is 8.81. The molecule has 1 N–H and O–H groups in total. The lowest BCUT2D eigenvalue weighted by atomic mass is 10.1. The molecule has 0 saturated heterocycles. The molecule has 2 heteroatoms. The van der Waals surface area contributed by atoms with Crippen LogP contribution in [0.2, 0.25) is 0 Å². The van der Waals surface area contributed by atoms with Crippen molar-refractivity contribution in [2.45, 2.75) is 27.7 Å². The molecule has 0 spiro atoms. The van der Waals surface area contributed by atoms with Crippen molar-refractivity contribution in [3.63, 3.8) is 0 Å². The third-order valence-corrected chi connectivity index (χ3v) is 2.01. The van der Waals surface area contributed by atoms with E-state index in [1.165, 1.54) is 5.57 Å². The highest BCUT2D eigenvalue weighted by Gasteiger charge is 1.93. The monoisotopic (exact) mass is 168 g/mol. The van der Waals surface area contributed by atoms with Crippen molar-refractivity contribution < 1.29 is 0 Å². The summed E-state index contributed by atoms with van der Waals surface area (Å²) in [5.41, 5.74) is 1.41. The first-order valence-electron chi connectivity index (χ1n) is 4.43. The summed E-state index contributed by atoms with van der Waals surface area (Å²) in [7, 11) is 1.89. The van der Waals surface area contributed by atoms with E-state index < -0.39 is 0 Å². The van der Waals surface area contributed by atoms with Crippen LogP contribution in [0, 0.1) is 5.92 Å². The van der Waals surface area contributed by atoms with Crippen molar-refractivity contribution in [2.24, 2.45) is 10.9 Å². The number of allylic oxidation sites excluding steroid dienone is 1. The van der Waals surface area contributed by atoms with Crippen LogP contribution in [0.5, 0.6) is 0 Å². The van der Waals surface area contributed by atoms with Crippen molar-refractivity contribution in [1.82, 2.24) is 5.32 Å². The standard InChI is InChI=1S/C10H20N2/c1-8(2)9(3)6-7-12-10(4)11-5/h6,8H,7H2,1-5H3,(H,11,12)/b9-6-. The SMILES string of the molecule is CN/C(C)=N\C/C=C(/C)C(C)C. The molecule has 0 aliphatic carbocycles. The van der Waals surface area contributed by atoms with E-state index in [-0.39, 0.29) is 0 Å². The van der Waals surface area contributed by atoms with Gasteiger partial charge in [0.15, 0.2) is 0 Å². The van der Waals surface area contributed by atoms with Gasteiger partial charge in [-0.15, -0.1) is 0 Å². The molecule has 0 unspecified atom stereocenters. The minimum absolute atomic E-state index is 0.634. The van der Waals surface area contributed by atoms with E-state index in [2.05, 4.69) is 37.2 Å². The number of nitrogens with one attached hydrogen (secondary N) is 1. The van der Waals surface area contributed by atoms with Crippen LogP contribution in [-0.2, 0) is 0 Å². The molecule has 0 aromatic carbocycles. The van der Waals surface area contributed by atoms with Crippen LogP contribution >= 0.6 is 0 Å². The van der Waals surface area contributed by atoms with Crippen molar-refractivity contribution in [3.05, 3.63) is 11.6 Å². The van der Waals surface area contributed by atoms with E-state index >= 15 is 0 Å². The predicted octanol–water partition coefficient (Wildman–Crippen LogP) is 2.23. The first-order valence-corrected chi connectivity index (χ1v) is 4.43. The first kappa shape index (κ1) is 11.2. The predicted molar refractivity (Wildman–Crippen MR) is 55.6 cm³/mol. The van der Waals surface area contributed by atoms with Gasteiger partial charge < -0.3 is 5.32 Å². The number of aliphatic imine (C=N–C) groups is 1. The van der Waals surface area contributed by atoms with Crippen LogP contribution in [-0.4, -0.2) is 19.4 Å². The third-order valence-electron chi connectivity index (χ3n) is 2.01. The molecule has 12 heavy (non-hydrogen) atoms. The van der Waals surface area contributed by atoms with Crippen molar-refractivity contribution in [1.29, 1.82) is 0 Å². The number of amidine groups is 1. The maximum Gasteiger partial charge on any atom is 0.0932 e. The summed E-state index contributed by atoms with van der Waals surface area (Å²) in [5.74, 6) is 1.62. The summed E-state index contributed by atoms with van der Waals surface area (Å²) in [6.45, 7) is 9.30. The Bertz CT molecular complexity index is 178. The molecule has 0 amide bonds. The van der Waals surface area contributed by atoms with Gasteiger partial charge in [-0.2, -0.15) is 0 Å². The van der Waals surface area contributed by atoms with Crippen molar-refractivity contribution in [2.75, 3.05) is 13.6 Å². The molecular weight excluding hydrogens is 148 g/mol. The Morgan fingerprint density at radius 2 is 2.00 bits per heavy atom. The molecule has 70 valence electrons. The summed E-state index contributed by atoms with van der Waals surface area (Å²) in [6.07, 6.45) is 2.17. The summed E-state index contributed by atoms with van der Waals surface area (Å²) in [5, 5.41) is 2.99. The van der Waals surface area contributed by atoms with Gasteiger partial charge in [-0.3, -0.25) is 4.99 Å². The highest BCUT2D eigenvalue weighted by Crippen LogP contribution is 2.06. The third kappa shape index (κ3) is 4.94. The van der Waals surface area contributed by atoms with Crippen LogP contribution in [0.1, 0.15) is 27.7 Å². The van der Waals surface area contributed by atoms with Gasteiger partial charge in [0, 0.05) is 7.05 Å². The molecular formula is C10H20N2. The minimum atomic E-state index is 0.634. The number of hydrogen-bond donors (Lipinski definition) is 1. The highest BCUT2D eigenvalue weighted by atomic mass is 14.9. The van der Waals surface area contributed by atoms with Crippen LogP contribution in [0.3, 0.4) is 0 Å². The summed E-state index contributed by atoms with van der Waals surface area (Å²) in [6, 6.07) is 0. The Morgan fingerprint density at radius 1 is 1.42 bits per heavy atom. The molecule has 0 aromatic rings. The Morgan fingerprint density at radius 3 is 2.42 bits per heavy atom. The molecule has 0 aromatic heterocycles. The van der Waals surface area contributed by atoms with Crippen LogP contribution in [0.15, 0.2) is 16.6 Å². The minimum Gasteiger partial charge on any atom is -0.377 e. The van der Waals surface area contributed by atoms with Gasteiger partial charge in [-0.1, -0.05) is 25.5 Å². The Balaban J connectivity index is 3.89. The number of rotatable bonds is 3. The molecule has 0 rings (SSSR count). The molecule has 0 saturated carbocycles. The molecule has 0 aliphatic heterocycles.